The highest BCUT2D eigenvalue weighted by molar-refractivity contribution is 5.23. The molecule has 1 radical (unpaired) electrons. The van der Waals surface area contributed by atoms with Crippen LogP contribution in [0.15, 0.2) is 4.99 Å². The Morgan fingerprint density at radius 1 is 1.50 bits per heavy atom. The minimum Gasteiger partial charge on any atom is -0.374 e. The molecule has 2 nitrogen and oxygen atoms in total. The van der Waals surface area contributed by atoms with Gasteiger partial charge in [0.2, 0.25) is 0 Å². The van der Waals surface area contributed by atoms with E-state index in [0.717, 1.165) is 0 Å². The third kappa shape index (κ3) is 5.76. The molecule has 0 bridgehead atoms. The van der Waals surface area contributed by atoms with Gasteiger partial charge in [-0.05, 0) is 27.7 Å². The summed E-state index contributed by atoms with van der Waals surface area (Å²) in [7, 11) is 0. The van der Waals surface area contributed by atoms with Crippen LogP contribution >= 0.6 is 0 Å². The Kier molecular flexibility index (Phi) is 3.58. The molecule has 0 saturated carbocycles. The van der Waals surface area contributed by atoms with E-state index < -0.39 is 0 Å². The monoisotopic (exact) mass is 142 g/mol. The summed E-state index contributed by atoms with van der Waals surface area (Å²) in [5, 5.41) is 0. The van der Waals surface area contributed by atoms with Crippen LogP contribution in [0.5, 0.6) is 0 Å². The first kappa shape index (κ1) is 9.63. The third-order valence-corrected chi connectivity index (χ3v) is 1.01. The standard InChI is InChI=1S/C8H16NO/c1-7(9-5)6-10-8(2,3)4/h5,7H,6H2,1-4H3. The van der Waals surface area contributed by atoms with Crippen molar-refractivity contribution in [2.45, 2.75) is 39.3 Å². The van der Waals surface area contributed by atoms with E-state index in [-0.39, 0.29) is 11.6 Å². The molecule has 0 saturated heterocycles. The topological polar surface area (TPSA) is 21.6 Å². The van der Waals surface area contributed by atoms with E-state index in [4.69, 9.17) is 11.5 Å². The largest absolute Gasteiger partial charge is 0.374 e. The molecule has 2 heteroatoms. The summed E-state index contributed by atoms with van der Waals surface area (Å²) in [5.74, 6) is 0. The molecule has 0 spiro atoms. The van der Waals surface area contributed by atoms with Crippen molar-refractivity contribution < 1.29 is 4.74 Å². The summed E-state index contributed by atoms with van der Waals surface area (Å²) in [6.07, 6.45) is 0. The van der Waals surface area contributed by atoms with Gasteiger partial charge in [0.15, 0.2) is 0 Å². The van der Waals surface area contributed by atoms with Gasteiger partial charge in [0.05, 0.1) is 18.2 Å². The molecule has 0 aromatic rings. The molecule has 0 aromatic heterocycles. The smallest absolute Gasteiger partial charge is 0.0705 e. The van der Waals surface area contributed by atoms with E-state index in [0.29, 0.717) is 6.61 Å². The van der Waals surface area contributed by atoms with Crippen LogP contribution in [-0.2, 0) is 4.74 Å². The Labute approximate surface area is 63.3 Å². The van der Waals surface area contributed by atoms with Crippen LogP contribution in [0.2, 0.25) is 0 Å². The van der Waals surface area contributed by atoms with Gasteiger partial charge in [-0.2, -0.15) is 0 Å². The maximum absolute atomic E-state index is 5.41. The number of hydrogen-bond donors (Lipinski definition) is 0. The highest BCUT2D eigenvalue weighted by atomic mass is 16.5. The number of ether oxygens (including phenoxy) is 1. The van der Waals surface area contributed by atoms with Gasteiger partial charge in [-0.25, -0.2) is 0 Å². The molecule has 0 aliphatic heterocycles. The fraction of sp³-hybridized carbons (Fsp3) is 0.875. The van der Waals surface area contributed by atoms with Crippen molar-refractivity contribution in [1.29, 1.82) is 0 Å². The minimum atomic E-state index is -0.0844. The van der Waals surface area contributed by atoms with E-state index in [1.54, 1.807) is 0 Å². The lowest BCUT2D eigenvalue weighted by Gasteiger charge is -2.20. The zero-order valence-electron chi connectivity index (χ0n) is 7.22. The molecule has 1 unspecified atom stereocenters. The zero-order valence-corrected chi connectivity index (χ0v) is 7.22. The number of hydrogen-bond acceptors (Lipinski definition) is 2. The van der Waals surface area contributed by atoms with Crippen molar-refractivity contribution >= 4 is 6.72 Å². The van der Waals surface area contributed by atoms with E-state index in [1.165, 1.54) is 0 Å². The molecule has 0 fully saturated rings. The maximum atomic E-state index is 5.41. The summed E-state index contributed by atoms with van der Waals surface area (Å²) in [5.41, 5.74) is -0.0844. The quantitative estimate of drug-likeness (QED) is 0.550. The van der Waals surface area contributed by atoms with Crippen molar-refractivity contribution in [1.82, 2.24) is 0 Å². The second kappa shape index (κ2) is 3.71. The van der Waals surface area contributed by atoms with Crippen molar-refractivity contribution in [2.24, 2.45) is 4.99 Å². The SMILES string of the molecule is [CH]=NC(C)COC(C)(C)C. The van der Waals surface area contributed by atoms with Gasteiger partial charge in [0.1, 0.15) is 0 Å². The summed E-state index contributed by atoms with van der Waals surface area (Å²) in [6, 6.07) is 0.0965. The first-order valence-electron chi connectivity index (χ1n) is 3.49. The third-order valence-electron chi connectivity index (χ3n) is 1.01. The van der Waals surface area contributed by atoms with Crippen molar-refractivity contribution in [3.05, 3.63) is 0 Å². The van der Waals surface area contributed by atoms with E-state index >= 15 is 0 Å². The Balaban J connectivity index is 3.45. The molecule has 10 heavy (non-hydrogen) atoms. The Hall–Kier alpha value is -0.370. The Bertz CT molecular complexity index is 104. The van der Waals surface area contributed by atoms with E-state index in [2.05, 4.69) is 4.99 Å². The second-order valence-electron chi connectivity index (χ2n) is 3.42. The number of aliphatic imine (C=N–C) groups is 1. The molecular formula is C8H16NO. The average Bonchev–Trinajstić information content (AvgIpc) is 1.81. The van der Waals surface area contributed by atoms with Gasteiger partial charge in [-0.3, -0.25) is 4.99 Å². The van der Waals surface area contributed by atoms with Gasteiger partial charge in [0.25, 0.3) is 0 Å². The number of rotatable bonds is 3. The van der Waals surface area contributed by atoms with E-state index in [1.807, 2.05) is 27.7 Å². The Morgan fingerprint density at radius 2 is 2.00 bits per heavy atom. The van der Waals surface area contributed by atoms with Crippen molar-refractivity contribution in [3.8, 4) is 0 Å². The molecule has 1 atom stereocenters. The zero-order chi connectivity index (χ0) is 8.20. The minimum absolute atomic E-state index is 0.0844. The molecule has 59 valence electrons. The predicted octanol–water partition coefficient (Wildman–Crippen LogP) is 1.77. The van der Waals surface area contributed by atoms with E-state index in [9.17, 15) is 0 Å². The van der Waals surface area contributed by atoms with Crippen LogP contribution in [0, 0.1) is 0 Å². The van der Waals surface area contributed by atoms with Crippen LogP contribution in [0.3, 0.4) is 0 Å². The second-order valence-corrected chi connectivity index (χ2v) is 3.42. The molecule has 0 heterocycles. The predicted molar refractivity (Wildman–Crippen MR) is 43.7 cm³/mol. The lowest BCUT2D eigenvalue weighted by atomic mass is 10.2. The van der Waals surface area contributed by atoms with Gasteiger partial charge in [-0.1, -0.05) is 0 Å². The maximum Gasteiger partial charge on any atom is 0.0705 e. The number of nitrogens with zero attached hydrogens (tertiary/aromatic N) is 1. The highest BCUT2D eigenvalue weighted by Gasteiger charge is 2.10. The van der Waals surface area contributed by atoms with Crippen molar-refractivity contribution in [3.63, 3.8) is 0 Å². The first-order valence-corrected chi connectivity index (χ1v) is 3.49. The molecule has 0 aromatic carbocycles. The van der Waals surface area contributed by atoms with Crippen LogP contribution in [-0.4, -0.2) is 25.0 Å². The summed E-state index contributed by atoms with van der Waals surface area (Å²) >= 11 is 0. The van der Waals surface area contributed by atoms with Crippen LogP contribution in [0.25, 0.3) is 0 Å². The summed E-state index contributed by atoms with van der Waals surface area (Å²) in [6.45, 7) is 13.6. The normalized spacial score (nSPS) is 14.8. The molecular weight excluding hydrogens is 126 g/mol. The summed E-state index contributed by atoms with van der Waals surface area (Å²) in [4.78, 5) is 3.57. The van der Waals surface area contributed by atoms with Gasteiger partial charge < -0.3 is 4.74 Å². The van der Waals surface area contributed by atoms with Gasteiger partial charge >= 0.3 is 0 Å². The highest BCUT2D eigenvalue weighted by Crippen LogP contribution is 2.07. The fourth-order valence-electron chi connectivity index (χ4n) is 0.414. The Morgan fingerprint density at radius 3 is 2.30 bits per heavy atom. The molecule has 0 aliphatic carbocycles. The van der Waals surface area contributed by atoms with Gasteiger partial charge in [-0.15, -0.1) is 0 Å². The average molecular weight is 142 g/mol. The molecule has 0 N–H and O–H groups in total. The van der Waals surface area contributed by atoms with Crippen LogP contribution in [0.4, 0.5) is 0 Å². The van der Waals surface area contributed by atoms with Crippen LogP contribution < -0.4 is 0 Å². The fourth-order valence-corrected chi connectivity index (χ4v) is 0.414. The van der Waals surface area contributed by atoms with Crippen LogP contribution in [0.1, 0.15) is 27.7 Å². The lowest BCUT2D eigenvalue weighted by molar-refractivity contribution is -0.00758. The lowest BCUT2D eigenvalue weighted by Crippen LogP contribution is -2.23. The van der Waals surface area contributed by atoms with Crippen molar-refractivity contribution in [2.75, 3.05) is 6.61 Å². The molecule has 0 aliphatic rings. The summed E-state index contributed by atoms with van der Waals surface area (Å²) < 4.78 is 5.41. The molecule has 0 amide bonds. The first-order chi connectivity index (χ1) is 4.45. The molecule has 0 rings (SSSR count). The van der Waals surface area contributed by atoms with Gasteiger partial charge in [0, 0.05) is 6.72 Å².